The van der Waals surface area contributed by atoms with Crippen molar-refractivity contribution in [3.8, 4) is 0 Å². The summed E-state index contributed by atoms with van der Waals surface area (Å²) in [6.07, 6.45) is 15.8. The van der Waals surface area contributed by atoms with Gasteiger partial charge < -0.3 is 38.1 Å². The smallest absolute Gasteiger partial charge is 0.311 e. The number of fused-ring (bicyclic) bond motifs is 4. The summed E-state index contributed by atoms with van der Waals surface area (Å²) in [5.41, 5.74) is 1.78. The number of hydrogen-bond donors (Lipinski definition) is 1. The summed E-state index contributed by atoms with van der Waals surface area (Å²) in [5.74, 6) is -6.87. The van der Waals surface area contributed by atoms with Gasteiger partial charge in [0.2, 0.25) is 5.79 Å². The van der Waals surface area contributed by atoms with E-state index < -0.39 is 67.8 Å². The van der Waals surface area contributed by atoms with Gasteiger partial charge in [-0.15, -0.1) is 0 Å². The Bertz CT molecular complexity index is 1840. The minimum absolute atomic E-state index is 0.0126. The van der Waals surface area contributed by atoms with Gasteiger partial charge in [-0.2, -0.15) is 0 Å². The predicted molar refractivity (Wildman–Crippen MR) is 266 cm³/mol. The second-order valence-electron chi connectivity index (χ2n) is 21.8. The first-order valence-electron chi connectivity index (χ1n) is 25.5. The molecule has 4 bridgehead atoms. The van der Waals surface area contributed by atoms with E-state index in [4.69, 9.17) is 28.1 Å². The van der Waals surface area contributed by atoms with Crippen LogP contribution in [0.3, 0.4) is 0 Å². The van der Waals surface area contributed by atoms with Crippen molar-refractivity contribution < 1.29 is 57.2 Å². The maximum atomic E-state index is 14.3. The largest absolute Gasteiger partial charge is 0.461 e. The number of cyclic esters (lactones) is 1. The van der Waals surface area contributed by atoms with Gasteiger partial charge in [0.25, 0.3) is 11.7 Å². The number of ketones is 3. The molecule has 1 amide bonds. The van der Waals surface area contributed by atoms with Crippen molar-refractivity contribution in [1.82, 2.24) is 4.90 Å². The topological polar surface area (TPSA) is 164 Å². The van der Waals surface area contributed by atoms with Gasteiger partial charge in [0.1, 0.15) is 18.0 Å². The van der Waals surface area contributed by atoms with Crippen molar-refractivity contribution in [2.75, 3.05) is 34.4 Å². The van der Waals surface area contributed by atoms with Crippen molar-refractivity contribution in [3.05, 3.63) is 47.6 Å². The molecule has 13 nitrogen and oxygen atoms in total. The molecule has 0 spiro atoms. The average Bonchev–Trinajstić information content (AvgIpc) is 3.29. The van der Waals surface area contributed by atoms with E-state index in [1.165, 1.54) is 4.90 Å². The van der Waals surface area contributed by atoms with Gasteiger partial charge in [0.05, 0.1) is 30.3 Å². The second kappa shape index (κ2) is 26.4. The Hall–Kier alpha value is -3.11. The molecule has 0 aromatic heterocycles. The molecule has 0 aromatic rings. The zero-order valence-corrected chi connectivity index (χ0v) is 44.8. The van der Waals surface area contributed by atoms with Crippen LogP contribution in [0, 0.1) is 41.4 Å². The van der Waals surface area contributed by atoms with Crippen LogP contribution in [0.1, 0.15) is 126 Å². The number of rotatable bonds is 8. The third-order valence-electron chi connectivity index (χ3n) is 14.8. The Morgan fingerprint density at radius 1 is 0.838 bits per heavy atom. The molecule has 1 N–H and O–H groups in total. The molecular weight excluding hydrogens is 883 g/mol. The highest BCUT2D eigenvalue weighted by molar-refractivity contribution is 6.69. The first kappa shape index (κ1) is 57.5. The van der Waals surface area contributed by atoms with E-state index in [0.717, 1.165) is 30.4 Å². The summed E-state index contributed by atoms with van der Waals surface area (Å²) >= 11 is 0. The lowest BCUT2D eigenvalue weighted by Gasteiger charge is -2.42. The summed E-state index contributed by atoms with van der Waals surface area (Å²) in [6.45, 7) is 20.1. The van der Waals surface area contributed by atoms with Crippen molar-refractivity contribution in [3.63, 3.8) is 0 Å². The number of methoxy groups -OCH3 is 3. The number of Topliss-reactive ketones (excluding diaryl/α,β-unsaturated/α-hetero) is 3. The molecule has 0 radical (unpaired) electrons. The standard InChI is InChI=1S/C54H87NO12Si/c1-34-18-15-14-16-19-36(3)46(62-8)31-43-23-21-40(7)54(61,66-43)51(58)52(59)55-25-17-20-42(33-55)53(60)65-47(38(5)29-41-22-24-45(48(30-41)63-9)67-68(11,12)13)32-44(56)37(4)27-35(2)28-49(64-10)50(57)39(6)26-34/h14-16,18-19,27,34,37-43,45-49,61H,17,20-26,28-33H2,1-13H3/b16-14+,18-15+,35-27+,36-19+/t34-,37-,38-,39-,40-,41+,42?,43+,45-,46+,47+,48-,49-,54-/m1/s1. The van der Waals surface area contributed by atoms with Crippen LogP contribution in [0.2, 0.25) is 19.6 Å². The summed E-state index contributed by atoms with van der Waals surface area (Å²) < 4.78 is 36.6. The molecule has 2 saturated heterocycles. The van der Waals surface area contributed by atoms with Crippen LogP contribution in [0.5, 0.6) is 0 Å². The highest BCUT2D eigenvalue weighted by Gasteiger charge is 2.52. The van der Waals surface area contributed by atoms with Crippen LogP contribution in [0.25, 0.3) is 0 Å². The zero-order chi connectivity index (χ0) is 50.5. The number of amides is 1. The minimum atomic E-state index is -2.34. The Morgan fingerprint density at radius 2 is 1.54 bits per heavy atom. The summed E-state index contributed by atoms with van der Waals surface area (Å²) in [6, 6.07) is 0. The molecule has 1 unspecified atom stereocenters. The van der Waals surface area contributed by atoms with Crippen LogP contribution in [-0.2, 0) is 52.1 Å². The van der Waals surface area contributed by atoms with Crippen LogP contribution >= 0.6 is 0 Å². The Kier molecular flexibility index (Phi) is 22.3. The van der Waals surface area contributed by atoms with E-state index in [-0.39, 0.29) is 73.1 Å². The number of aliphatic hydroxyl groups is 1. The number of ether oxygens (including phenoxy) is 5. The van der Waals surface area contributed by atoms with Crippen molar-refractivity contribution in [2.24, 2.45) is 41.4 Å². The molecule has 68 heavy (non-hydrogen) atoms. The van der Waals surface area contributed by atoms with Gasteiger partial charge in [0.15, 0.2) is 14.1 Å². The number of hydrogen-bond acceptors (Lipinski definition) is 12. The van der Waals surface area contributed by atoms with Gasteiger partial charge in [-0.3, -0.25) is 24.0 Å². The number of nitrogens with zero attached hydrogens (tertiary/aromatic N) is 1. The SMILES string of the molecule is CO[C@H]1C[C@@H]2CC[C@@H](C)[C@@](O)(O2)C(=O)C(=O)N2CCCC(C2)C(=O)O[C@H]([C@H](C)C[C@@H]2CC[C@@H](O[Si](C)(C)C)[C@H](OC)C2)CC(=O)[C@H](C)/C=C(\C)C[C@@H](OC)C(=O)[C@H](C)C[C@H](C)/C=C/C=C/C=C/1C. The normalized spacial score (nSPS) is 38.3. The van der Waals surface area contributed by atoms with Crippen LogP contribution in [0.15, 0.2) is 47.6 Å². The Labute approximate surface area is 409 Å². The lowest BCUT2D eigenvalue weighted by molar-refractivity contribution is -0.265. The van der Waals surface area contributed by atoms with Crippen LogP contribution < -0.4 is 0 Å². The molecule has 3 aliphatic heterocycles. The molecule has 1 aliphatic carbocycles. The molecule has 14 atom stereocenters. The van der Waals surface area contributed by atoms with Crippen molar-refractivity contribution in [1.29, 1.82) is 0 Å². The van der Waals surface area contributed by atoms with E-state index in [1.807, 2.05) is 65.0 Å². The van der Waals surface area contributed by atoms with Gasteiger partial charge in [0, 0.05) is 71.4 Å². The van der Waals surface area contributed by atoms with Gasteiger partial charge in [-0.05, 0) is 115 Å². The third-order valence-corrected chi connectivity index (χ3v) is 15.8. The number of carbonyl (C=O) groups is 5. The number of allylic oxidation sites excluding steroid dienone is 6. The molecule has 14 heteroatoms. The molecular formula is C54H87NO12Si. The highest BCUT2D eigenvalue weighted by atomic mass is 28.4. The first-order chi connectivity index (χ1) is 32.0. The molecule has 0 aromatic carbocycles. The fourth-order valence-electron chi connectivity index (χ4n) is 10.6. The maximum Gasteiger partial charge on any atom is 0.311 e. The van der Waals surface area contributed by atoms with Crippen molar-refractivity contribution in [2.45, 2.75) is 188 Å². The predicted octanol–water partition coefficient (Wildman–Crippen LogP) is 8.93. The monoisotopic (exact) mass is 970 g/mol. The maximum absolute atomic E-state index is 14.3. The Morgan fingerprint density at radius 3 is 2.21 bits per heavy atom. The molecule has 3 fully saturated rings. The molecule has 1 saturated carbocycles. The first-order valence-corrected chi connectivity index (χ1v) is 28.9. The van der Waals surface area contributed by atoms with E-state index >= 15 is 0 Å². The van der Waals surface area contributed by atoms with E-state index in [2.05, 4.69) is 32.6 Å². The van der Waals surface area contributed by atoms with Gasteiger partial charge in [-0.1, -0.05) is 76.6 Å². The van der Waals surface area contributed by atoms with Gasteiger partial charge in [-0.25, -0.2) is 0 Å². The van der Waals surface area contributed by atoms with Crippen LogP contribution in [0.4, 0.5) is 0 Å². The summed E-state index contributed by atoms with van der Waals surface area (Å²) in [5, 5.41) is 11.9. The summed E-state index contributed by atoms with van der Waals surface area (Å²) in [7, 11) is 3.07. The minimum Gasteiger partial charge on any atom is -0.461 e. The fraction of sp³-hybridized carbons (Fsp3) is 0.759. The molecule has 384 valence electrons. The number of piperidine rings is 1. The Balaban J connectivity index is 1.64. The lowest BCUT2D eigenvalue weighted by atomic mass is 9.78. The van der Waals surface area contributed by atoms with Gasteiger partial charge >= 0.3 is 5.97 Å². The fourth-order valence-corrected chi connectivity index (χ4v) is 11.8. The number of esters is 1. The molecule has 3 heterocycles. The second-order valence-corrected chi connectivity index (χ2v) is 26.3. The quantitative estimate of drug-likeness (QED) is 0.107. The van der Waals surface area contributed by atoms with E-state index in [0.29, 0.717) is 51.4 Å². The molecule has 4 rings (SSSR count). The van der Waals surface area contributed by atoms with Crippen LogP contribution in [-0.4, -0.2) is 124 Å². The van der Waals surface area contributed by atoms with E-state index in [9.17, 15) is 29.1 Å². The lowest BCUT2D eigenvalue weighted by Crippen LogP contribution is -2.59. The highest BCUT2D eigenvalue weighted by Crippen LogP contribution is 2.38. The average molecular weight is 970 g/mol. The summed E-state index contributed by atoms with van der Waals surface area (Å²) in [4.78, 5) is 71.5. The third kappa shape index (κ3) is 16.5. The number of carbonyl (C=O) groups excluding carboxylic acids is 5. The zero-order valence-electron chi connectivity index (χ0n) is 43.8. The van der Waals surface area contributed by atoms with Crippen molar-refractivity contribution >= 4 is 37.5 Å². The van der Waals surface area contributed by atoms with E-state index in [1.54, 1.807) is 28.3 Å². The molecule has 4 aliphatic rings.